The third kappa shape index (κ3) is 17.2. The van der Waals surface area contributed by atoms with Crippen LogP contribution in [0.4, 0.5) is 0 Å². The Bertz CT molecular complexity index is 715. The van der Waals surface area contributed by atoms with Gasteiger partial charge in [-0.2, -0.15) is 0 Å². The van der Waals surface area contributed by atoms with E-state index < -0.39 is 0 Å². The van der Waals surface area contributed by atoms with Crippen LogP contribution in [0.2, 0.25) is 0 Å². The van der Waals surface area contributed by atoms with Crippen molar-refractivity contribution in [3.05, 3.63) is 18.2 Å². The van der Waals surface area contributed by atoms with E-state index in [2.05, 4.69) is 20.8 Å². The molecule has 0 fully saturated rings. The number of carbonyl (C=O) groups is 2. The fraction of sp³-hybridized carbons (Fsp3) is 0.750. The van der Waals surface area contributed by atoms with E-state index in [0.717, 1.165) is 51.4 Å². The monoisotopic (exact) mass is 518 g/mol. The number of esters is 2. The Morgan fingerprint density at radius 1 is 0.541 bits per heavy atom. The molecule has 5 heteroatoms. The lowest BCUT2D eigenvalue weighted by Gasteiger charge is -2.15. The number of ether oxygens (including phenoxy) is 3. The summed E-state index contributed by atoms with van der Waals surface area (Å²) in [5, 5.41) is 0. The molecule has 0 amide bonds. The summed E-state index contributed by atoms with van der Waals surface area (Å²) in [4.78, 5) is 25.2. The molecule has 1 rings (SSSR count). The third-order valence-electron chi connectivity index (χ3n) is 6.61. The lowest BCUT2D eigenvalue weighted by Crippen LogP contribution is -2.13. The maximum absolute atomic E-state index is 12.6. The molecule has 0 unspecified atom stereocenters. The zero-order valence-corrected chi connectivity index (χ0v) is 24.1. The molecule has 1 aromatic carbocycles. The highest BCUT2D eigenvalue weighted by Gasteiger charge is 2.19. The van der Waals surface area contributed by atoms with Crippen molar-refractivity contribution in [3.63, 3.8) is 0 Å². The quantitative estimate of drug-likeness (QED) is 0.0774. The molecule has 0 aliphatic heterocycles. The summed E-state index contributed by atoms with van der Waals surface area (Å²) in [6.45, 7) is 7.15. The first-order valence-corrected chi connectivity index (χ1v) is 15.3. The lowest BCUT2D eigenvalue weighted by atomic mass is 10.1. The Kier molecular flexibility index (Phi) is 20.6. The van der Waals surface area contributed by atoms with Gasteiger partial charge in [0.05, 0.1) is 6.61 Å². The van der Waals surface area contributed by atoms with Crippen LogP contribution in [0.15, 0.2) is 18.2 Å². The summed E-state index contributed by atoms with van der Waals surface area (Å²) in [5.74, 6) is 0.374. The summed E-state index contributed by atoms with van der Waals surface area (Å²) in [6, 6.07) is 5.26. The van der Waals surface area contributed by atoms with E-state index in [1.54, 1.807) is 18.2 Å². The van der Waals surface area contributed by atoms with Gasteiger partial charge in [-0.15, -0.1) is 0 Å². The van der Waals surface area contributed by atoms with Crippen molar-refractivity contribution < 1.29 is 23.8 Å². The second-order valence-corrected chi connectivity index (χ2v) is 10.2. The van der Waals surface area contributed by atoms with E-state index >= 15 is 0 Å². The van der Waals surface area contributed by atoms with Crippen LogP contribution >= 0.6 is 0 Å². The summed E-state index contributed by atoms with van der Waals surface area (Å²) in [5.41, 5.74) is 0. The van der Waals surface area contributed by atoms with Crippen molar-refractivity contribution in [2.24, 2.45) is 0 Å². The largest absolute Gasteiger partial charge is 0.490 e. The van der Waals surface area contributed by atoms with Crippen molar-refractivity contribution in [2.45, 2.75) is 149 Å². The first-order chi connectivity index (χ1) is 18.1. The van der Waals surface area contributed by atoms with Gasteiger partial charge in [-0.25, -0.2) is 0 Å². The molecular weight excluding hydrogens is 464 g/mol. The van der Waals surface area contributed by atoms with Gasteiger partial charge in [0.25, 0.3) is 0 Å². The topological polar surface area (TPSA) is 61.8 Å². The average Bonchev–Trinajstić information content (AvgIpc) is 2.89. The minimum absolute atomic E-state index is 0.237. The van der Waals surface area contributed by atoms with E-state index in [1.165, 1.54) is 64.2 Å². The van der Waals surface area contributed by atoms with E-state index in [9.17, 15) is 9.59 Å². The molecule has 0 N–H and O–H groups in total. The molecular formula is C32H54O5. The van der Waals surface area contributed by atoms with Crippen LogP contribution in [-0.2, 0) is 9.59 Å². The Labute approximate surface area is 227 Å². The van der Waals surface area contributed by atoms with Gasteiger partial charge in [0, 0.05) is 12.8 Å². The van der Waals surface area contributed by atoms with E-state index in [4.69, 9.17) is 14.2 Å². The maximum atomic E-state index is 12.6. The van der Waals surface area contributed by atoms with Crippen LogP contribution in [0.25, 0.3) is 0 Å². The molecule has 0 atom stereocenters. The molecule has 0 spiro atoms. The van der Waals surface area contributed by atoms with Crippen LogP contribution in [0.1, 0.15) is 149 Å². The van der Waals surface area contributed by atoms with Crippen molar-refractivity contribution in [1.82, 2.24) is 0 Å². The molecule has 0 aliphatic rings. The summed E-state index contributed by atoms with van der Waals surface area (Å²) in [7, 11) is 0. The summed E-state index contributed by atoms with van der Waals surface area (Å²) in [6.07, 6.45) is 21.0. The molecule has 212 valence electrons. The number of unbranched alkanes of at least 4 members (excludes halogenated alkanes) is 15. The van der Waals surface area contributed by atoms with Gasteiger partial charge in [0.15, 0.2) is 11.5 Å². The van der Waals surface area contributed by atoms with Gasteiger partial charge in [-0.1, -0.05) is 123 Å². The minimum Gasteiger partial charge on any atom is -0.490 e. The highest BCUT2D eigenvalue weighted by Crippen LogP contribution is 2.38. The molecule has 37 heavy (non-hydrogen) atoms. The van der Waals surface area contributed by atoms with Gasteiger partial charge in [-0.3, -0.25) is 9.59 Å². The molecule has 0 aliphatic carbocycles. The summed E-state index contributed by atoms with van der Waals surface area (Å²) < 4.78 is 17.4. The second kappa shape index (κ2) is 23.1. The molecule has 0 heterocycles. The Balaban J connectivity index is 2.68. The Hall–Kier alpha value is -2.04. The summed E-state index contributed by atoms with van der Waals surface area (Å²) >= 11 is 0. The van der Waals surface area contributed by atoms with Crippen LogP contribution in [0.3, 0.4) is 0 Å². The van der Waals surface area contributed by atoms with Gasteiger partial charge >= 0.3 is 11.9 Å². The molecule has 0 bridgehead atoms. The highest BCUT2D eigenvalue weighted by atomic mass is 16.6. The zero-order valence-electron chi connectivity index (χ0n) is 24.1. The lowest BCUT2D eigenvalue weighted by molar-refractivity contribution is -0.137. The predicted octanol–water partition coefficient (Wildman–Crippen LogP) is 9.74. The number of rotatable bonds is 24. The fourth-order valence-electron chi connectivity index (χ4n) is 4.29. The number of carbonyl (C=O) groups excluding carboxylic acids is 2. The van der Waals surface area contributed by atoms with Crippen LogP contribution < -0.4 is 14.2 Å². The SMILES string of the molecule is CCCCCCCCOc1cccc(OC(=O)CCCCCCCC)c1OC(=O)CCCCCCCC. The first kappa shape index (κ1) is 33.0. The number of hydrogen-bond acceptors (Lipinski definition) is 5. The third-order valence-corrected chi connectivity index (χ3v) is 6.61. The van der Waals surface area contributed by atoms with Crippen LogP contribution in [-0.4, -0.2) is 18.5 Å². The Morgan fingerprint density at radius 3 is 1.51 bits per heavy atom. The average molecular weight is 519 g/mol. The van der Waals surface area contributed by atoms with Gasteiger partial charge < -0.3 is 14.2 Å². The molecule has 0 radical (unpaired) electrons. The van der Waals surface area contributed by atoms with Crippen molar-refractivity contribution in [3.8, 4) is 17.2 Å². The van der Waals surface area contributed by atoms with Gasteiger partial charge in [-0.05, 0) is 31.4 Å². The van der Waals surface area contributed by atoms with Gasteiger partial charge in [0.1, 0.15) is 0 Å². The normalized spacial score (nSPS) is 10.9. The Morgan fingerprint density at radius 2 is 0.973 bits per heavy atom. The van der Waals surface area contributed by atoms with E-state index in [-0.39, 0.29) is 23.4 Å². The van der Waals surface area contributed by atoms with Crippen LogP contribution in [0, 0.1) is 0 Å². The number of benzene rings is 1. The standard InChI is InChI=1S/C32H54O5/c1-4-7-10-13-16-19-25-30(33)36-29-24-22-23-28(35-27-21-18-15-12-9-6-3)32(29)37-31(34)26-20-17-14-11-8-5-2/h22-24H,4-21,25-27H2,1-3H3. The maximum Gasteiger partial charge on any atom is 0.311 e. The van der Waals surface area contributed by atoms with Crippen molar-refractivity contribution in [2.75, 3.05) is 6.61 Å². The van der Waals surface area contributed by atoms with E-state index in [1.807, 2.05) is 0 Å². The van der Waals surface area contributed by atoms with Crippen molar-refractivity contribution >= 4 is 11.9 Å². The molecule has 1 aromatic rings. The molecule has 0 saturated carbocycles. The number of para-hydroxylation sites is 1. The predicted molar refractivity (Wildman–Crippen MR) is 153 cm³/mol. The van der Waals surface area contributed by atoms with E-state index in [0.29, 0.717) is 25.2 Å². The van der Waals surface area contributed by atoms with Crippen molar-refractivity contribution in [1.29, 1.82) is 0 Å². The first-order valence-electron chi connectivity index (χ1n) is 15.3. The van der Waals surface area contributed by atoms with Gasteiger partial charge in [0.2, 0.25) is 5.75 Å². The number of hydrogen-bond donors (Lipinski definition) is 0. The zero-order chi connectivity index (χ0) is 27.0. The molecule has 5 nitrogen and oxygen atoms in total. The highest BCUT2D eigenvalue weighted by molar-refractivity contribution is 5.77. The molecule has 0 saturated heterocycles. The minimum atomic E-state index is -0.306. The second-order valence-electron chi connectivity index (χ2n) is 10.2. The smallest absolute Gasteiger partial charge is 0.311 e. The molecule has 0 aromatic heterocycles. The fourth-order valence-corrected chi connectivity index (χ4v) is 4.29. The van der Waals surface area contributed by atoms with Crippen LogP contribution in [0.5, 0.6) is 17.2 Å².